The predicted octanol–water partition coefficient (Wildman–Crippen LogP) is 0.779. The van der Waals surface area contributed by atoms with Gasteiger partial charge < -0.3 is 10.3 Å². The number of rotatable bonds is 6. The Kier molecular flexibility index (Phi) is 4.85. The molecule has 2 heterocycles. The third kappa shape index (κ3) is 2.61. The van der Waals surface area contributed by atoms with Crippen molar-refractivity contribution in [2.75, 3.05) is 6.54 Å². The van der Waals surface area contributed by atoms with Crippen LogP contribution in [0, 0.1) is 0 Å². The molecule has 0 saturated heterocycles. The summed E-state index contributed by atoms with van der Waals surface area (Å²) in [6, 6.07) is -0.0593. The van der Waals surface area contributed by atoms with Crippen LogP contribution >= 0.6 is 0 Å². The maximum absolute atomic E-state index is 12.7. The SMILES string of the molecule is CCc1nc2c(c(=O)n(CCCCN)c(=O)n2C(C)C)n1C. The van der Waals surface area contributed by atoms with Crippen LogP contribution in [0.3, 0.4) is 0 Å². The van der Waals surface area contributed by atoms with Crippen molar-refractivity contribution >= 4 is 11.2 Å². The van der Waals surface area contributed by atoms with Gasteiger partial charge in [-0.2, -0.15) is 0 Å². The molecule has 2 N–H and O–H groups in total. The summed E-state index contributed by atoms with van der Waals surface area (Å²) in [5.74, 6) is 0.806. The molecule has 0 radical (unpaired) electrons. The minimum absolute atomic E-state index is 0.0593. The van der Waals surface area contributed by atoms with Gasteiger partial charge in [0, 0.05) is 26.1 Å². The number of hydrogen-bond acceptors (Lipinski definition) is 4. The van der Waals surface area contributed by atoms with E-state index in [1.165, 1.54) is 4.57 Å². The molecule has 0 aliphatic carbocycles. The van der Waals surface area contributed by atoms with E-state index < -0.39 is 0 Å². The van der Waals surface area contributed by atoms with Crippen molar-refractivity contribution in [1.82, 2.24) is 18.7 Å². The lowest BCUT2D eigenvalue weighted by Crippen LogP contribution is -2.41. The first kappa shape index (κ1) is 16.5. The smallest absolute Gasteiger partial charge is 0.330 e. The van der Waals surface area contributed by atoms with Crippen molar-refractivity contribution < 1.29 is 0 Å². The van der Waals surface area contributed by atoms with Crippen LogP contribution in [0.2, 0.25) is 0 Å². The Labute approximate surface area is 129 Å². The van der Waals surface area contributed by atoms with Crippen molar-refractivity contribution in [3.63, 3.8) is 0 Å². The molecule has 0 amide bonds. The second-order valence-corrected chi connectivity index (χ2v) is 5.81. The Morgan fingerprint density at radius 1 is 1.23 bits per heavy atom. The standard InChI is InChI=1S/C15H25N5O2/c1-5-11-17-13-12(18(11)4)14(21)19(9-7-6-8-16)15(22)20(13)10(2)3/h10H,5-9,16H2,1-4H3. The summed E-state index contributed by atoms with van der Waals surface area (Å²) in [7, 11) is 1.83. The number of imidazole rings is 1. The second-order valence-electron chi connectivity index (χ2n) is 5.81. The Morgan fingerprint density at radius 3 is 2.45 bits per heavy atom. The normalized spacial score (nSPS) is 11.7. The molecule has 122 valence electrons. The van der Waals surface area contributed by atoms with Crippen molar-refractivity contribution in [3.05, 3.63) is 26.7 Å². The molecule has 0 aliphatic heterocycles. The molecule has 7 nitrogen and oxygen atoms in total. The van der Waals surface area contributed by atoms with Gasteiger partial charge in [-0.3, -0.25) is 13.9 Å². The first-order valence-corrected chi connectivity index (χ1v) is 7.84. The van der Waals surface area contributed by atoms with Crippen LogP contribution in [-0.2, 0) is 20.0 Å². The number of nitrogens with two attached hydrogens (primary N) is 1. The topological polar surface area (TPSA) is 87.8 Å². The summed E-state index contributed by atoms with van der Waals surface area (Å²) in [5, 5.41) is 0. The predicted molar refractivity (Wildman–Crippen MR) is 87.3 cm³/mol. The van der Waals surface area contributed by atoms with Gasteiger partial charge >= 0.3 is 5.69 Å². The zero-order valence-corrected chi connectivity index (χ0v) is 13.8. The molecule has 0 unspecified atom stereocenters. The monoisotopic (exact) mass is 307 g/mol. The minimum Gasteiger partial charge on any atom is -0.330 e. The summed E-state index contributed by atoms with van der Waals surface area (Å²) >= 11 is 0. The van der Waals surface area contributed by atoms with E-state index in [9.17, 15) is 9.59 Å². The van der Waals surface area contributed by atoms with E-state index >= 15 is 0 Å². The molecular weight excluding hydrogens is 282 g/mol. The maximum Gasteiger partial charge on any atom is 0.332 e. The average molecular weight is 307 g/mol. The lowest BCUT2D eigenvalue weighted by molar-refractivity contribution is 0.506. The van der Waals surface area contributed by atoms with Crippen LogP contribution in [0.1, 0.15) is 45.5 Å². The van der Waals surface area contributed by atoms with Gasteiger partial charge in [0.15, 0.2) is 11.2 Å². The van der Waals surface area contributed by atoms with Gasteiger partial charge in [0.25, 0.3) is 5.56 Å². The van der Waals surface area contributed by atoms with Gasteiger partial charge in [0.2, 0.25) is 0 Å². The number of hydrogen-bond donors (Lipinski definition) is 1. The molecule has 2 aromatic heterocycles. The Balaban J connectivity index is 2.79. The lowest BCUT2D eigenvalue weighted by Gasteiger charge is -2.14. The summed E-state index contributed by atoms with van der Waals surface area (Å²) in [6.45, 7) is 6.79. The summed E-state index contributed by atoms with van der Waals surface area (Å²) in [6.07, 6.45) is 2.22. The van der Waals surface area contributed by atoms with E-state index in [1.807, 2.05) is 27.8 Å². The Bertz CT molecular complexity index is 782. The van der Waals surface area contributed by atoms with Crippen molar-refractivity contribution in [3.8, 4) is 0 Å². The van der Waals surface area contributed by atoms with Crippen LogP contribution in [0.5, 0.6) is 0 Å². The van der Waals surface area contributed by atoms with Crippen LogP contribution in [0.4, 0.5) is 0 Å². The first-order valence-electron chi connectivity index (χ1n) is 7.84. The van der Waals surface area contributed by atoms with Gasteiger partial charge in [0.05, 0.1) is 0 Å². The molecule has 0 atom stereocenters. The average Bonchev–Trinajstić information content (AvgIpc) is 2.79. The molecule has 2 aromatic rings. The highest BCUT2D eigenvalue weighted by molar-refractivity contribution is 5.71. The van der Waals surface area contributed by atoms with Gasteiger partial charge in [-0.05, 0) is 33.2 Å². The van der Waals surface area contributed by atoms with E-state index in [-0.39, 0.29) is 17.3 Å². The van der Waals surface area contributed by atoms with Gasteiger partial charge in [-0.1, -0.05) is 6.92 Å². The zero-order chi connectivity index (χ0) is 16.4. The summed E-state index contributed by atoms with van der Waals surface area (Å²) < 4.78 is 4.73. The Hall–Kier alpha value is -1.89. The molecule has 0 aromatic carbocycles. The van der Waals surface area contributed by atoms with Gasteiger partial charge in [-0.25, -0.2) is 9.78 Å². The fourth-order valence-electron chi connectivity index (χ4n) is 2.76. The molecule has 2 rings (SSSR count). The van der Waals surface area contributed by atoms with E-state index in [4.69, 9.17) is 5.73 Å². The number of aromatic nitrogens is 4. The summed E-state index contributed by atoms with van der Waals surface area (Å²) in [5.41, 5.74) is 5.93. The number of aryl methyl sites for hydroxylation is 2. The van der Waals surface area contributed by atoms with Crippen molar-refractivity contribution in [2.45, 2.75) is 52.6 Å². The quantitative estimate of drug-likeness (QED) is 0.799. The number of nitrogens with zero attached hydrogens (tertiary/aromatic N) is 4. The molecule has 0 saturated carbocycles. The van der Waals surface area contributed by atoms with Crippen LogP contribution in [0.25, 0.3) is 11.2 Å². The lowest BCUT2D eigenvalue weighted by atomic mass is 10.3. The van der Waals surface area contributed by atoms with E-state index in [0.717, 1.165) is 12.2 Å². The van der Waals surface area contributed by atoms with E-state index in [0.29, 0.717) is 37.1 Å². The van der Waals surface area contributed by atoms with Crippen molar-refractivity contribution in [1.29, 1.82) is 0 Å². The molecule has 7 heteroatoms. The molecular formula is C15H25N5O2. The second kappa shape index (κ2) is 6.48. The van der Waals surface area contributed by atoms with Gasteiger partial charge in [-0.15, -0.1) is 0 Å². The Morgan fingerprint density at radius 2 is 1.91 bits per heavy atom. The molecule has 0 aliphatic rings. The summed E-state index contributed by atoms with van der Waals surface area (Å²) in [4.78, 5) is 29.9. The maximum atomic E-state index is 12.7. The third-order valence-corrected chi connectivity index (χ3v) is 3.95. The zero-order valence-electron chi connectivity index (χ0n) is 13.8. The highest BCUT2D eigenvalue weighted by Crippen LogP contribution is 2.14. The fraction of sp³-hybridized carbons (Fsp3) is 0.667. The van der Waals surface area contributed by atoms with Crippen LogP contribution in [-0.4, -0.2) is 25.2 Å². The van der Waals surface area contributed by atoms with Gasteiger partial charge in [0.1, 0.15) is 5.82 Å². The van der Waals surface area contributed by atoms with E-state index in [2.05, 4.69) is 4.98 Å². The van der Waals surface area contributed by atoms with Crippen LogP contribution in [0.15, 0.2) is 9.59 Å². The first-order chi connectivity index (χ1) is 10.4. The minimum atomic E-state index is -0.287. The fourth-order valence-corrected chi connectivity index (χ4v) is 2.76. The highest BCUT2D eigenvalue weighted by atomic mass is 16.2. The van der Waals surface area contributed by atoms with E-state index in [1.54, 1.807) is 9.13 Å². The molecule has 0 bridgehead atoms. The number of fused-ring (bicyclic) bond motifs is 1. The highest BCUT2D eigenvalue weighted by Gasteiger charge is 2.20. The molecule has 0 fully saturated rings. The molecule has 22 heavy (non-hydrogen) atoms. The largest absolute Gasteiger partial charge is 0.332 e. The van der Waals surface area contributed by atoms with Crippen LogP contribution < -0.4 is 17.0 Å². The molecule has 0 spiro atoms. The van der Waals surface area contributed by atoms with Crippen molar-refractivity contribution in [2.24, 2.45) is 12.8 Å². The number of unbranched alkanes of at least 4 members (excludes halogenated alkanes) is 1. The third-order valence-electron chi connectivity index (χ3n) is 3.95.